The van der Waals surface area contributed by atoms with E-state index in [1.165, 1.54) is 5.57 Å². The fourth-order valence-electron chi connectivity index (χ4n) is 3.00. The largest absolute Gasteiger partial charge is 0.369 e. The summed E-state index contributed by atoms with van der Waals surface area (Å²) in [5, 5.41) is 4.59. The molecule has 0 radical (unpaired) electrons. The molecule has 146 valence electrons. The van der Waals surface area contributed by atoms with Crippen LogP contribution in [0, 0.1) is 0 Å². The Morgan fingerprint density at radius 1 is 1.11 bits per heavy atom. The average Bonchev–Trinajstić information content (AvgIpc) is 2.64. The van der Waals surface area contributed by atoms with E-state index in [1.54, 1.807) is 0 Å². The summed E-state index contributed by atoms with van der Waals surface area (Å²) in [5.74, 6) is 1.78. The number of likely N-dealkylation sites (N-methyl/N-ethyl adjacent to an activating group) is 1. The van der Waals surface area contributed by atoms with Gasteiger partial charge in [0.2, 0.25) is 0 Å². The van der Waals surface area contributed by atoms with E-state index in [1.807, 2.05) is 19.1 Å². The highest BCUT2D eigenvalue weighted by Gasteiger charge is 2.10. The van der Waals surface area contributed by atoms with Gasteiger partial charge >= 0.3 is 0 Å². The topological polar surface area (TPSA) is 44.3 Å². The van der Waals surface area contributed by atoms with Crippen LogP contribution >= 0.6 is 0 Å². The van der Waals surface area contributed by atoms with Gasteiger partial charge in [-0.25, -0.2) is 9.97 Å². The fourth-order valence-corrected chi connectivity index (χ4v) is 3.00. The molecule has 0 aliphatic rings. The predicted molar refractivity (Wildman–Crippen MR) is 116 cm³/mol. The quantitative estimate of drug-likeness (QED) is 0.509. The van der Waals surface area contributed by atoms with Crippen LogP contribution in [0.15, 0.2) is 48.1 Å². The monoisotopic (exact) mass is 367 g/mol. The van der Waals surface area contributed by atoms with Crippen LogP contribution in [-0.4, -0.2) is 60.5 Å². The van der Waals surface area contributed by atoms with E-state index in [-0.39, 0.29) is 0 Å². The molecule has 0 saturated carbocycles. The smallest absolute Gasteiger partial charge is 0.145 e. The number of fused-ring (bicyclic) bond motifs is 1. The van der Waals surface area contributed by atoms with Crippen LogP contribution in [0.1, 0.15) is 26.1 Å². The predicted octanol–water partition coefficient (Wildman–Crippen LogP) is 3.95. The minimum absolute atomic E-state index is 0.714. The van der Waals surface area contributed by atoms with Gasteiger partial charge < -0.3 is 10.2 Å². The van der Waals surface area contributed by atoms with Gasteiger partial charge in [0.1, 0.15) is 11.6 Å². The third kappa shape index (κ3) is 6.77. The van der Waals surface area contributed by atoms with E-state index in [4.69, 9.17) is 9.97 Å². The minimum Gasteiger partial charge on any atom is -0.369 e. The first-order chi connectivity index (χ1) is 13.0. The first-order valence-corrected chi connectivity index (χ1v) is 9.64. The number of aromatic nitrogens is 2. The van der Waals surface area contributed by atoms with E-state index in [0.29, 0.717) is 6.54 Å². The summed E-state index contributed by atoms with van der Waals surface area (Å²) >= 11 is 0. The minimum atomic E-state index is 0.714. The van der Waals surface area contributed by atoms with Crippen molar-refractivity contribution in [1.82, 2.24) is 19.8 Å². The van der Waals surface area contributed by atoms with Crippen molar-refractivity contribution < 1.29 is 0 Å². The van der Waals surface area contributed by atoms with Gasteiger partial charge in [-0.2, -0.15) is 0 Å². The zero-order valence-corrected chi connectivity index (χ0v) is 17.4. The molecule has 0 unspecified atom stereocenters. The van der Waals surface area contributed by atoms with Crippen molar-refractivity contribution in [1.29, 1.82) is 0 Å². The Labute approximate surface area is 163 Å². The summed E-state index contributed by atoms with van der Waals surface area (Å²) in [6.45, 7) is 7.67. The van der Waals surface area contributed by atoms with Gasteiger partial charge in [0.25, 0.3) is 0 Å². The lowest BCUT2D eigenvalue weighted by atomic mass is 10.2. The molecular formula is C22H33N5. The maximum absolute atomic E-state index is 4.82. The number of benzene rings is 1. The van der Waals surface area contributed by atoms with Crippen molar-refractivity contribution in [2.45, 2.75) is 26.8 Å². The number of rotatable bonds is 10. The highest BCUT2D eigenvalue weighted by molar-refractivity contribution is 5.88. The number of anilines is 1. The molecule has 1 N–H and O–H groups in total. The van der Waals surface area contributed by atoms with Crippen LogP contribution in [0.25, 0.3) is 10.9 Å². The molecule has 1 heterocycles. The first-order valence-electron chi connectivity index (χ1n) is 9.64. The molecule has 0 fully saturated rings. The molecular weight excluding hydrogens is 334 g/mol. The zero-order chi connectivity index (χ0) is 19.6. The number of nitrogens with one attached hydrogen (secondary N) is 1. The van der Waals surface area contributed by atoms with Gasteiger partial charge in [0.05, 0.1) is 12.1 Å². The van der Waals surface area contributed by atoms with E-state index in [2.05, 4.69) is 73.5 Å². The second-order valence-electron chi connectivity index (χ2n) is 7.13. The second kappa shape index (κ2) is 10.8. The molecule has 5 heteroatoms. The van der Waals surface area contributed by atoms with Crippen molar-refractivity contribution >= 4 is 16.7 Å². The third-order valence-electron chi connectivity index (χ3n) is 4.34. The maximum Gasteiger partial charge on any atom is 0.145 e. The van der Waals surface area contributed by atoms with Crippen molar-refractivity contribution in [3.8, 4) is 0 Å². The van der Waals surface area contributed by atoms with Crippen molar-refractivity contribution in [2.75, 3.05) is 46.1 Å². The Kier molecular flexibility index (Phi) is 8.43. The lowest BCUT2D eigenvalue weighted by Crippen LogP contribution is -2.22. The van der Waals surface area contributed by atoms with Gasteiger partial charge in [0.15, 0.2) is 0 Å². The lowest BCUT2D eigenvalue weighted by Gasteiger charge is -2.18. The van der Waals surface area contributed by atoms with Gasteiger partial charge in [0, 0.05) is 18.5 Å². The number of para-hydroxylation sites is 1. The van der Waals surface area contributed by atoms with Crippen LogP contribution in [0.3, 0.4) is 0 Å². The average molecular weight is 368 g/mol. The fraction of sp³-hybridized carbons (Fsp3) is 0.455. The molecule has 2 rings (SSSR count). The maximum atomic E-state index is 4.82. The number of allylic oxidation sites excluding steroid dienone is 2. The molecule has 0 aliphatic heterocycles. The Morgan fingerprint density at radius 3 is 2.59 bits per heavy atom. The highest BCUT2D eigenvalue weighted by atomic mass is 15.1. The summed E-state index contributed by atoms with van der Waals surface area (Å²) in [6, 6.07) is 8.21. The van der Waals surface area contributed by atoms with E-state index < -0.39 is 0 Å². The molecule has 5 nitrogen and oxygen atoms in total. The van der Waals surface area contributed by atoms with Crippen molar-refractivity contribution in [3.63, 3.8) is 0 Å². The SMILES string of the molecule is C/C=C\C(=C/C)CN(C)Cc1nc(NCCCN(C)C)c2ccccc2n1. The van der Waals surface area contributed by atoms with Crippen LogP contribution in [0.5, 0.6) is 0 Å². The molecule has 1 aromatic carbocycles. The van der Waals surface area contributed by atoms with Gasteiger partial charge in [-0.1, -0.05) is 30.4 Å². The Balaban J connectivity index is 2.14. The van der Waals surface area contributed by atoms with E-state index in [0.717, 1.165) is 48.6 Å². The third-order valence-corrected chi connectivity index (χ3v) is 4.34. The van der Waals surface area contributed by atoms with Gasteiger partial charge in [-0.3, -0.25) is 4.90 Å². The highest BCUT2D eigenvalue weighted by Crippen LogP contribution is 2.20. The summed E-state index contributed by atoms with van der Waals surface area (Å²) in [5.41, 5.74) is 2.29. The summed E-state index contributed by atoms with van der Waals surface area (Å²) < 4.78 is 0. The van der Waals surface area contributed by atoms with Crippen molar-refractivity contribution in [2.24, 2.45) is 0 Å². The Hall–Kier alpha value is -2.24. The number of nitrogens with zero attached hydrogens (tertiary/aromatic N) is 4. The van der Waals surface area contributed by atoms with E-state index in [9.17, 15) is 0 Å². The lowest BCUT2D eigenvalue weighted by molar-refractivity contribution is 0.348. The molecule has 0 atom stereocenters. The molecule has 0 spiro atoms. The van der Waals surface area contributed by atoms with Gasteiger partial charge in [-0.05, 0) is 65.7 Å². The molecule has 0 bridgehead atoms. The molecule has 0 amide bonds. The van der Waals surface area contributed by atoms with Crippen LogP contribution in [-0.2, 0) is 6.54 Å². The van der Waals surface area contributed by atoms with Crippen LogP contribution in [0.4, 0.5) is 5.82 Å². The Bertz CT molecular complexity index is 779. The molecule has 0 saturated heterocycles. The van der Waals surface area contributed by atoms with Crippen LogP contribution in [0.2, 0.25) is 0 Å². The standard InChI is InChI=1S/C22H33N5/c1-6-11-18(7-2)16-27(5)17-21-24-20-13-9-8-12-19(20)22(25-21)23-14-10-15-26(3)4/h6-9,11-13H,10,14-17H2,1-5H3,(H,23,24,25)/b11-6-,18-7+. The first kappa shape index (κ1) is 21.1. The number of hydrogen-bond acceptors (Lipinski definition) is 5. The Morgan fingerprint density at radius 2 is 1.89 bits per heavy atom. The second-order valence-corrected chi connectivity index (χ2v) is 7.13. The summed E-state index contributed by atoms with van der Waals surface area (Å²) in [6.07, 6.45) is 7.45. The normalized spacial score (nSPS) is 12.6. The molecule has 0 aliphatic carbocycles. The summed E-state index contributed by atoms with van der Waals surface area (Å²) in [7, 11) is 6.30. The van der Waals surface area contributed by atoms with Gasteiger partial charge in [-0.15, -0.1) is 0 Å². The zero-order valence-electron chi connectivity index (χ0n) is 17.4. The summed E-state index contributed by atoms with van der Waals surface area (Å²) in [4.78, 5) is 14.0. The number of hydrogen-bond donors (Lipinski definition) is 1. The molecule has 2 aromatic rings. The molecule has 27 heavy (non-hydrogen) atoms. The molecule has 1 aromatic heterocycles. The van der Waals surface area contributed by atoms with E-state index >= 15 is 0 Å². The van der Waals surface area contributed by atoms with Crippen LogP contribution < -0.4 is 5.32 Å². The van der Waals surface area contributed by atoms with Crippen molar-refractivity contribution in [3.05, 3.63) is 53.9 Å².